The van der Waals surface area contributed by atoms with E-state index in [4.69, 9.17) is 0 Å². The highest BCUT2D eigenvalue weighted by molar-refractivity contribution is 5.79. The maximum Gasteiger partial charge on any atom is 0.212 e. The number of rotatable bonds is 1. The molecule has 1 nitrogen and oxygen atoms in total. The average molecular weight is 186 g/mol. The van der Waals surface area contributed by atoms with E-state index >= 15 is 0 Å². The topological polar surface area (TPSA) is 3.88 Å². The maximum absolute atomic E-state index is 2.28. The van der Waals surface area contributed by atoms with Crippen LogP contribution < -0.4 is 4.57 Å². The maximum atomic E-state index is 2.28. The third-order valence-corrected chi connectivity index (χ3v) is 2.90. The first kappa shape index (κ1) is 9.20. The molecular weight excluding hydrogens is 170 g/mol. The minimum Gasteiger partial charge on any atom is -0.198 e. The first-order chi connectivity index (χ1) is 6.74. The Morgan fingerprint density at radius 3 is 2.64 bits per heavy atom. The number of nitrogens with zero attached hydrogens (tertiary/aromatic N) is 1. The van der Waals surface area contributed by atoms with Gasteiger partial charge in [-0.3, -0.25) is 0 Å². The summed E-state index contributed by atoms with van der Waals surface area (Å²) in [7, 11) is 2.14. The molecule has 0 radical (unpaired) electrons. The Morgan fingerprint density at radius 2 is 1.93 bits per heavy atom. The average Bonchev–Trinajstić information content (AvgIpc) is 2.20. The van der Waals surface area contributed by atoms with Gasteiger partial charge in [0, 0.05) is 23.9 Å². The molecule has 14 heavy (non-hydrogen) atoms. The number of benzene rings is 1. The number of pyridine rings is 1. The van der Waals surface area contributed by atoms with Crippen LogP contribution in [0.25, 0.3) is 10.9 Å². The van der Waals surface area contributed by atoms with Crippen molar-refractivity contribution in [2.45, 2.75) is 20.3 Å². The van der Waals surface area contributed by atoms with Crippen LogP contribution in [-0.4, -0.2) is 0 Å². The van der Waals surface area contributed by atoms with E-state index < -0.39 is 0 Å². The van der Waals surface area contributed by atoms with Gasteiger partial charge in [0.1, 0.15) is 7.05 Å². The van der Waals surface area contributed by atoms with Crippen molar-refractivity contribution < 1.29 is 4.57 Å². The summed E-state index contributed by atoms with van der Waals surface area (Å²) in [5, 5.41) is 1.35. The Bertz CT molecular complexity index is 472. The molecule has 2 aromatic rings. The fourth-order valence-corrected chi connectivity index (χ4v) is 1.98. The lowest BCUT2D eigenvalue weighted by Gasteiger charge is -2.03. The van der Waals surface area contributed by atoms with Gasteiger partial charge in [0.05, 0.1) is 0 Å². The minimum absolute atomic E-state index is 1.08. The molecule has 0 fully saturated rings. The molecule has 0 unspecified atom stereocenters. The highest BCUT2D eigenvalue weighted by atomic mass is 14.9. The summed E-state index contributed by atoms with van der Waals surface area (Å²) in [6.45, 7) is 4.35. The van der Waals surface area contributed by atoms with Crippen molar-refractivity contribution in [1.82, 2.24) is 0 Å². The zero-order chi connectivity index (χ0) is 10.1. The van der Waals surface area contributed by atoms with Crippen molar-refractivity contribution in [1.29, 1.82) is 0 Å². The standard InChI is InChI=1S/C13H16N/c1-4-11-8-9-12-10(2)6-5-7-13(12)14(11)3/h5-9H,4H2,1-3H3/q+1. The molecule has 0 aliphatic rings. The van der Waals surface area contributed by atoms with E-state index in [-0.39, 0.29) is 0 Å². The molecule has 0 amide bonds. The predicted molar refractivity (Wildman–Crippen MR) is 59.2 cm³/mol. The SMILES string of the molecule is CCc1ccc2c(C)cccc2[n+]1C. The molecule has 0 bridgehead atoms. The van der Waals surface area contributed by atoms with Crippen molar-refractivity contribution in [3.8, 4) is 0 Å². The van der Waals surface area contributed by atoms with Gasteiger partial charge in [0.2, 0.25) is 5.52 Å². The molecule has 1 heterocycles. The highest BCUT2D eigenvalue weighted by Crippen LogP contribution is 2.15. The predicted octanol–water partition coefficient (Wildman–Crippen LogP) is 2.54. The van der Waals surface area contributed by atoms with E-state index in [9.17, 15) is 0 Å². The highest BCUT2D eigenvalue weighted by Gasteiger charge is 2.10. The second-order valence-electron chi connectivity index (χ2n) is 3.74. The molecule has 72 valence electrons. The molecule has 1 aromatic heterocycles. The third kappa shape index (κ3) is 1.29. The van der Waals surface area contributed by atoms with Gasteiger partial charge in [-0.25, -0.2) is 0 Å². The molecule has 1 heteroatoms. The number of aromatic nitrogens is 1. The smallest absolute Gasteiger partial charge is 0.198 e. The van der Waals surface area contributed by atoms with Crippen molar-refractivity contribution in [2.75, 3.05) is 0 Å². The first-order valence-corrected chi connectivity index (χ1v) is 5.11. The summed E-state index contributed by atoms with van der Waals surface area (Å²) in [6.07, 6.45) is 1.08. The van der Waals surface area contributed by atoms with Gasteiger partial charge in [-0.15, -0.1) is 0 Å². The van der Waals surface area contributed by atoms with E-state index in [1.165, 1.54) is 22.2 Å². The lowest BCUT2D eigenvalue weighted by Crippen LogP contribution is -2.34. The van der Waals surface area contributed by atoms with Gasteiger partial charge >= 0.3 is 0 Å². The van der Waals surface area contributed by atoms with Crippen molar-refractivity contribution in [3.05, 3.63) is 41.6 Å². The Balaban J connectivity index is 2.84. The second-order valence-corrected chi connectivity index (χ2v) is 3.74. The lowest BCUT2D eigenvalue weighted by molar-refractivity contribution is -0.652. The molecule has 0 aliphatic heterocycles. The Hall–Kier alpha value is -1.37. The van der Waals surface area contributed by atoms with Crippen LogP contribution in [0, 0.1) is 6.92 Å². The second kappa shape index (κ2) is 3.41. The summed E-state index contributed by atoms with van der Waals surface area (Å²) in [4.78, 5) is 0. The molecule has 0 saturated heterocycles. The zero-order valence-electron chi connectivity index (χ0n) is 9.04. The number of hydrogen-bond acceptors (Lipinski definition) is 0. The van der Waals surface area contributed by atoms with Gasteiger partial charge < -0.3 is 0 Å². The fourth-order valence-electron chi connectivity index (χ4n) is 1.98. The van der Waals surface area contributed by atoms with Crippen LogP contribution in [0.4, 0.5) is 0 Å². The molecule has 1 aromatic carbocycles. The monoisotopic (exact) mass is 186 g/mol. The third-order valence-electron chi connectivity index (χ3n) is 2.90. The van der Waals surface area contributed by atoms with Crippen LogP contribution in [0.1, 0.15) is 18.2 Å². The van der Waals surface area contributed by atoms with Crippen LogP contribution in [0.2, 0.25) is 0 Å². The molecule has 2 rings (SSSR count). The molecular formula is C13H16N+. The number of fused-ring (bicyclic) bond motifs is 1. The van der Waals surface area contributed by atoms with E-state index in [0.717, 1.165) is 6.42 Å². The summed E-state index contributed by atoms with van der Waals surface area (Å²) in [5.41, 5.74) is 4.05. The molecule has 0 spiro atoms. The van der Waals surface area contributed by atoms with Gasteiger partial charge in [0.25, 0.3) is 0 Å². The molecule has 0 aliphatic carbocycles. The largest absolute Gasteiger partial charge is 0.212 e. The first-order valence-electron chi connectivity index (χ1n) is 5.11. The van der Waals surface area contributed by atoms with Crippen LogP contribution in [-0.2, 0) is 13.5 Å². The van der Waals surface area contributed by atoms with Crippen LogP contribution in [0.3, 0.4) is 0 Å². The van der Waals surface area contributed by atoms with Crippen molar-refractivity contribution >= 4 is 10.9 Å². The van der Waals surface area contributed by atoms with Crippen molar-refractivity contribution in [3.63, 3.8) is 0 Å². The van der Waals surface area contributed by atoms with Gasteiger partial charge in [-0.1, -0.05) is 19.1 Å². The lowest BCUT2D eigenvalue weighted by atomic mass is 10.1. The van der Waals surface area contributed by atoms with Crippen LogP contribution in [0.15, 0.2) is 30.3 Å². The van der Waals surface area contributed by atoms with E-state index in [1.54, 1.807) is 0 Å². The fraction of sp³-hybridized carbons (Fsp3) is 0.308. The van der Waals surface area contributed by atoms with Crippen molar-refractivity contribution in [2.24, 2.45) is 7.05 Å². The van der Waals surface area contributed by atoms with Gasteiger partial charge in [-0.2, -0.15) is 4.57 Å². The summed E-state index contributed by atoms with van der Waals surface area (Å²) in [5.74, 6) is 0. The Kier molecular flexibility index (Phi) is 2.24. The van der Waals surface area contributed by atoms with Crippen LogP contribution in [0.5, 0.6) is 0 Å². The molecule has 0 N–H and O–H groups in total. The van der Waals surface area contributed by atoms with Gasteiger partial charge in [-0.05, 0) is 18.6 Å². The Labute approximate surface area is 85.0 Å². The molecule has 0 saturated carbocycles. The van der Waals surface area contributed by atoms with E-state index in [1.807, 2.05) is 0 Å². The summed E-state index contributed by atoms with van der Waals surface area (Å²) in [6, 6.07) is 10.9. The molecule has 0 atom stereocenters. The number of hydrogen-bond donors (Lipinski definition) is 0. The normalized spacial score (nSPS) is 10.8. The van der Waals surface area contributed by atoms with E-state index in [0.29, 0.717) is 0 Å². The van der Waals surface area contributed by atoms with Crippen LogP contribution >= 0.6 is 0 Å². The quantitative estimate of drug-likeness (QED) is 0.603. The summed E-state index contributed by atoms with van der Waals surface area (Å²) >= 11 is 0. The zero-order valence-corrected chi connectivity index (χ0v) is 9.04. The van der Waals surface area contributed by atoms with Gasteiger partial charge in [0.15, 0.2) is 5.69 Å². The summed E-state index contributed by atoms with van der Waals surface area (Å²) < 4.78 is 2.28. The number of aryl methyl sites for hydroxylation is 3. The minimum atomic E-state index is 1.08. The Morgan fingerprint density at radius 1 is 1.14 bits per heavy atom. The van der Waals surface area contributed by atoms with E-state index in [2.05, 4.69) is 55.8 Å².